The predicted molar refractivity (Wildman–Crippen MR) is 105 cm³/mol. The summed E-state index contributed by atoms with van der Waals surface area (Å²) in [6.07, 6.45) is 3.52. The van der Waals surface area contributed by atoms with Gasteiger partial charge in [0.2, 0.25) is 0 Å². The zero-order valence-corrected chi connectivity index (χ0v) is 15.1. The monoisotopic (exact) mass is 360 g/mol. The molecule has 0 saturated carbocycles. The minimum absolute atomic E-state index is 0.00853. The number of aromatic amines is 1. The third-order valence-electron chi connectivity index (χ3n) is 5.14. The molecule has 1 aliphatic heterocycles. The number of ether oxygens (including phenoxy) is 2. The van der Waals surface area contributed by atoms with Crippen LogP contribution in [0.25, 0.3) is 21.8 Å². The SMILES string of the molecule is COc1ccc2cc([C@@H]3CN(c4ncnc5[nH]ccc45)CCO3)ccc2c1. The van der Waals surface area contributed by atoms with E-state index in [1.807, 2.05) is 18.3 Å². The Bertz CT molecular complexity index is 1110. The molecule has 1 atom stereocenters. The molecule has 27 heavy (non-hydrogen) atoms. The summed E-state index contributed by atoms with van der Waals surface area (Å²) in [5.74, 6) is 1.83. The topological polar surface area (TPSA) is 63.3 Å². The van der Waals surface area contributed by atoms with Crippen molar-refractivity contribution in [3.63, 3.8) is 0 Å². The van der Waals surface area contributed by atoms with Crippen LogP contribution < -0.4 is 9.64 Å². The first-order valence-corrected chi connectivity index (χ1v) is 9.04. The number of hydrogen-bond acceptors (Lipinski definition) is 5. The van der Waals surface area contributed by atoms with E-state index < -0.39 is 0 Å². The Balaban J connectivity index is 1.45. The van der Waals surface area contributed by atoms with Crippen LogP contribution >= 0.6 is 0 Å². The molecule has 6 heteroatoms. The summed E-state index contributed by atoms with van der Waals surface area (Å²) in [5, 5.41) is 3.39. The molecule has 1 N–H and O–H groups in total. The van der Waals surface area contributed by atoms with Gasteiger partial charge >= 0.3 is 0 Å². The molecule has 1 fully saturated rings. The lowest BCUT2D eigenvalue weighted by atomic mass is 10.0. The normalized spacial score (nSPS) is 17.5. The van der Waals surface area contributed by atoms with E-state index >= 15 is 0 Å². The van der Waals surface area contributed by atoms with Crippen molar-refractivity contribution >= 4 is 27.6 Å². The number of anilines is 1. The molecule has 0 spiro atoms. The molecule has 2 aromatic carbocycles. The summed E-state index contributed by atoms with van der Waals surface area (Å²) in [4.78, 5) is 14.2. The number of rotatable bonds is 3. The first kappa shape index (κ1) is 16.1. The van der Waals surface area contributed by atoms with Gasteiger partial charge in [-0.2, -0.15) is 0 Å². The number of benzene rings is 2. The first-order chi connectivity index (χ1) is 13.3. The maximum Gasteiger partial charge on any atom is 0.142 e. The average molecular weight is 360 g/mol. The molecular weight excluding hydrogens is 340 g/mol. The van der Waals surface area contributed by atoms with Crippen molar-refractivity contribution in [3.8, 4) is 5.75 Å². The Morgan fingerprint density at radius 2 is 2.00 bits per heavy atom. The second kappa shape index (κ2) is 6.55. The van der Waals surface area contributed by atoms with Crippen molar-refractivity contribution in [1.82, 2.24) is 15.0 Å². The minimum atomic E-state index is 0.00853. The molecule has 3 heterocycles. The van der Waals surface area contributed by atoms with E-state index in [9.17, 15) is 0 Å². The lowest BCUT2D eigenvalue weighted by Crippen LogP contribution is -2.39. The van der Waals surface area contributed by atoms with Gasteiger partial charge in [0.1, 0.15) is 29.6 Å². The highest BCUT2D eigenvalue weighted by molar-refractivity contribution is 5.87. The van der Waals surface area contributed by atoms with E-state index in [0.29, 0.717) is 6.61 Å². The number of methoxy groups -OCH3 is 1. The standard InChI is InChI=1S/C21H20N4O2/c1-26-17-5-4-14-10-16(3-2-15(14)11-17)19-12-25(8-9-27-19)21-18-6-7-22-20(18)23-13-24-21/h2-7,10-11,13,19H,8-9,12H2,1H3,(H,22,23,24)/t19-/m0/s1. The molecule has 1 saturated heterocycles. The predicted octanol–water partition coefficient (Wildman–Crippen LogP) is 3.70. The number of nitrogens with zero attached hydrogens (tertiary/aromatic N) is 3. The number of nitrogens with one attached hydrogen (secondary N) is 1. The molecule has 0 amide bonds. The molecule has 1 aliphatic rings. The van der Waals surface area contributed by atoms with Crippen LogP contribution in [-0.4, -0.2) is 41.8 Å². The molecule has 4 aromatic rings. The number of fused-ring (bicyclic) bond motifs is 2. The Morgan fingerprint density at radius 3 is 2.93 bits per heavy atom. The summed E-state index contributed by atoms with van der Waals surface area (Å²) in [6.45, 7) is 2.25. The molecule has 0 aliphatic carbocycles. The van der Waals surface area contributed by atoms with Crippen LogP contribution in [-0.2, 0) is 4.74 Å². The molecular formula is C21H20N4O2. The second-order valence-electron chi connectivity index (χ2n) is 6.72. The van der Waals surface area contributed by atoms with Gasteiger partial charge in [0.25, 0.3) is 0 Å². The number of morpholine rings is 1. The second-order valence-corrected chi connectivity index (χ2v) is 6.72. The van der Waals surface area contributed by atoms with Gasteiger partial charge < -0.3 is 19.4 Å². The molecule has 5 rings (SSSR count). The summed E-state index contributed by atoms with van der Waals surface area (Å²) < 4.78 is 11.4. The smallest absolute Gasteiger partial charge is 0.142 e. The highest BCUT2D eigenvalue weighted by atomic mass is 16.5. The molecule has 0 unspecified atom stereocenters. The Kier molecular flexibility index (Phi) is 3.90. The van der Waals surface area contributed by atoms with Gasteiger partial charge in [-0.3, -0.25) is 0 Å². The van der Waals surface area contributed by atoms with Gasteiger partial charge in [-0.05, 0) is 40.6 Å². The van der Waals surface area contributed by atoms with E-state index in [4.69, 9.17) is 9.47 Å². The van der Waals surface area contributed by atoms with E-state index in [1.165, 1.54) is 10.9 Å². The van der Waals surface area contributed by atoms with Gasteiger partial charge in [0, 0.05) is 19.3 Å². The van der Waals surface area contributed by atoms with Crippen LogP contribution in [0.15, 0.2) is 55.0 Å². The zero-order chi connectivity index (χ0) is 18.2. The lowest BCUT2D eigenvalue weighted by Gasteiger charge is -2.34. The minimum Gasteiger partial charge on any atom is -0.497 e. The maximum atomic E-state index is 6.09. The van der Waals surface area contributed by atoms with E-state index in [2.05, 4.69) is 50.2 Å². The van der Waals surface area contributed by atoms with Gasteiger partial charge in [-0.15, -0.1) is 0 Å². The lowest BCUT2D eigenvalue weighted by molar-refractivity contribution is 0.0397. The number of aromatic nitrogens is 3. The van der Waals surface area contributed by atoms with Crippen molar-refractivity contribution in [2.75, 3.05) is 31.7 Å². The Hall–Kier alpha value is -3.12. The van der Waals surface area contributed by atoms with Gasteiger partial charge in [0.15, 0.2) is 0 Å². The molecule has 0 bridgehead atoms. The van der Waals surface area contributed by atoms with Gasteiger partial charge in [-0.1, -0.05) is 18.2 Å². The van der Waals surface area contributed by atoms with E-state index in [0.717, 1.165) is 41.1 Å². The van der Waals surface area contributed by atoms with Crippen molar-refractivity contribution in [1.29, 1.82) is 0 Å². The van der Waals surface area contributed by atoms with Crippen LogP contribution in [0.3, 0.4) is 0 Å². The van der Waals surface area contributed by atoms with Crippen LogP contribution in [0, 0.1) is 0 Å². The van der Waals surface area contributed by atoms with Crippen LogP contribution in [0.1, 0.15) is 11.7 Å². The summed E-state index contributed by atoms with van der Waals surface area (Å²) in [6, 6.07) is 14.6. The summed E-state index contributed by atoms with van der Waals surface area (Å²) >= 11 is 0. The Morgan fingerprint density at radius 1 is 1.11 bits per heavy atom. The van der Waals surface area contributed by atoms with Crippen LogP contribution in [0.4, 0.5) is 5.82 Å². The van der Waals surface area contributed by atoms with E-state index in [-0.39, 0.29) is 6.10 Å². The molecule has 6 nitrogen and oxygen atoms in total. The van der Waals surface area contributed by atoms with Crippen LogP contribution in [0.2, 0.25) is 0 Å². The third kappa shape index (κ3) is 2.88. The van der Waals surface area contributed by atoms with Crippen molar-refractivity contribution < 1.29 is 9.47 Å². The highest BCUT2D eigenvalue weighted by Gasteiger charge is 2.24. The van der Waals surface area contributed by atoms with Crippen molar-refractivity contribution in [2.24, 2.45) is 0 Å². The molecule has 0 radical (unpaired) electrons. The molecule has 136 valence electrons. The first-order valence-electron chi connectivity index (χ1n) is 9.04. The molecule has 2 aromatic heterocycles. The zero-order valence-electron chi connectivity index (χ0n) is 15.1. The van der Waals surface area contributed by atoms with Gasteiger partial charge in [-0.25, -0.2) is 9.97 Å². The summed E-state index contributed by atoms with van der Waals surface area (Å²) in [5.41, 5.74) is 2.04. The number of H-pyrrole nitrogens is 1. The van der Waals surface area contributed by atoms with E-state index in [1.54, 1.807) is 13.4 Å². The van der Waals surface area contributed by atoms with Gasteiger partial charge in [0.05, 0.1) is 19.1 Å². The fraction of sp³-hybridized carbons (Fsp3) is 0.238. The summed E-state index contributed by atoms with van der Waals surface area (Å²) in [7, 11) is 1.69. The average Bonchev–Trinajstić information content (AvgIpc) is 3.22. The van der Waals surface area contributed by atoms with Crippen LogP contribution in [0.5, 0.6) is 5.75 Å². The largest absolute Gasteiger partial charge is 0.497 e. The van der Waals surface area contributed by atoms with Crippen molar-refractivity contribution in [2.45, 2.75) is 6.10 Å². The fourth-order valence-electron chi connectivity index (χ4n) is 3.72. The third-order valence-corrected chi connectivity index (χ3v) is 5.14. The quantitative estimate of drug-likeness (QED) is 0.604. The number of hydrogen-bond donors (Lipinski definition) is 1. The maximum absolute atomic E-state index is 6.09. The Labute approximate surface area is 156 Å². The fourth-order valence-corrected chi connectivity index (χ4v) is 3.72. The highest BCUT2D eigenvalue weighted by Crippen LogP contribution is 2.31. The van der Waals surface area contributed by atoms with Crippen molar-refractivity contribution in [3.05, 3.63) is 60.6 Å².